The summed E-state index contributed by atoms with van der Waals surface area (Å²) in [7, 11) is 0. The minimum atomic E-state index is 1.08. The highest BCUT2D eigenvalue weighted by atomic mass is 15.2. The van der Waals surface area contributed by atoms with Crippen LogP contribution in [0.5, 0.6) is 0 Å². The van der Waals surface area contributed by atoms with E-state index in [1.807, 2.05) is 0 Å². The molecule has 100 valence electrons. The third-order valence-electron chi connectivity index (χ3n) is 3.73. The van der Waals surface area contributed by atoms with Crippen molar-refractivity contribution in [2.75, 3.05) is 50.7 Å². The van der Waals surface area contributed by atoms with Crippen LogP contribution >= 0.6 is 0 Å². The summed E-state index contributed by atoms with van der Waals surface area (Å²) >= 11 is 0. The molecule has 0 bridgehead atoms. The fourth-order valence-corrected chi connectivity index (χ4v) is 2.56. The minimum absolute atomic E-state index is 1.08. The monoisotopic (exact) mass is 247 g/mol. The molecule has 0 unspecified atom stereocenters. The maximum absolute atomic E-state index is 3.40. The number of nitrogens with zero attached hydrogens (tertiary/aromatic N) is 2. The van der Waals surface area contributed by atoms with Crippen molar-refractivity contribution in [1.29, 1.82) is 0 Å². The van der Waals surface area contributed by atoms with Gasteiger partial charge < -0.3 is 10.2 Å². The van der Waals surface area contributed by atoms with E-state index in [9.17, 15) is 0 Å². The molecule has 0 radical (unpaired) electrons. The third kappa shape index (κ3) is 3.47. The van der Waals surface area contributed by atoms with Crippen molar-refractivity contribution in [3.8, 4) is 0 Å². The van der Waals surface area contributed by atoms with Gasteiger partial charge in [-0.2, -0.15) is 0 Å². The van der Waals surface area contributed by atoms with Crippen molar-refractivity contribution >= 4 is 5.69 Å². The number of rotatable bonds is 5. The van der Waals surface area contributed by atoms with Gasteiger partial charge in [-0.25, -0.2) is 0 Å². The second kappa shape index (κ2) is 6.76. The number of benzene rings is 1. The van der Waals surface area contributed by atoms with Gasteiger partial charge in [0.15, 0.2) is 0 Å². The highest BCUT2D eigenvalue weighted by Gasteiger charge is 2.12. The highest BCUT2D eigenvalue weighted by Crippen LogP contribution is 2.18. The van der Waals surface area contributed by atoms with Crippen molar-refractivity contribution in [2.45, 2.75) is 13.8 Å². The Morgan fingerprint density at radius 3 is 2.61 bits per heavy atom. The van der Waals surface area contributed by atoms with E-state index < -0.39 is 0 Å². The first-order valence-electron chi connectivity index (χ1n) is 7.05. The van der Waals surface area contributed by atoms with Gasteiger partial charge in [-0.15, -0.1) is 0 Å². The van der Waals surface area contributed by atoms with Gasteiger partial charge in [-0.3, -0.25) is 4.90 Å². The number of hydrogen-bond acceptors (Lipinski definition) is 3. The minimum Gasteiger partial charge on any atom is -0.370 e. The van der Waals surface area contributed by atoms with Gasteiger partial charge in [0.25, 0.3) is 0 Å². The average Bonchev–Trinajstić information content (AvgIpc) is 2.42. The Labute approximate surface area is 111 Å². The number of para-hydroxylation sites is 1. The summed E-state index contributed by atoms with van der Waals surface area (Å²) in [4.78, 5) is 5.04. The number of hydrogen-bond donors (Lipinski definition) is 1. The molecule has 1 heterocycles. The second-order valence-corrected chi connectivity index (χ2v) is 4.96. The number of piperazine rings is 1. The van der Waals surface area contributed by atoms with E-state index in [2.05, 4.69) is 53.2 Å². The fourth-order valence-electron chi connectivity index (χ4n) is 2.56. The maximum Gasteiger partial charge on any atom is 0.0396 e. The molecule has 0 atom stereocenters. The fraction of sp³-hybridized carbons (Fsp3) is 0.600. The molecule has 0 aliphatic carbocycles. The van der Waals surface area contributed by atoms with E-state index >= 15 is 0 Å². The van der Waals surface area contributed by atoms with Crippen LogP contribution in [0.15, 0.2) is 24.3 Å². The number of anilines is 1. The van der Waals surface area contributed by atoms with Crippen LogP contribution in [0.2, 0.25) is 0 Å². The van der Waals surface area contributed by atoms with Crippen molar-refractivity contribution in [3.63, 3.8) is 0 Å². The van der Waals surface area contributed by atoms with Crippen LogP contribution in [-0.4, -0.2) is 50.7 Å². The summed E-state index contributed by atoms with van der Waals surface area (Å²) in [6.07, 6.45) is 0. The Hall–Kier alpha value is -1.06. The number of aryl methyl sites for hydroxylation is 1. The van der Waals surface area contributed by atoms with Crippen molar-refractivity contribution in [2.24, 2.45) is 0 Å². The van der Waals surface area contributed by atoms with Crippen LogP contribution in [0.1, 0.15) is 12.5 Å². The predicted molar refractivity (Wildman–Crippen MR) is 78.4 cm³/mol. The largest absolute Gasteiger partial charge is 0.370 e. The van der Waals surface area contributed by atoms with E-state index in [-0.39, 0.29) is 0 Å². The molecule has 3 heteroatoms. The smallest absolute Gasteiger partial charge is 0.0396 e. The first-order chi connectivity index (χ1) is 8.81. The Kier molecular flexibility index (Phi) is 5.02. The topological polar surface area (TPSA) is 18.5 Å². The molecule has 1 aromatic rings. The normalized spacial score (nSPS) is 16.8. The van der Waals surface area contributed by atoms with E-state index in [0.717, 1.165) is 26.2 Å². The maximum atomic E-state index is 3.40. The molecule has 0 aromatic heterocycles. The Bertz CT molecular complexity index is 359. The zero-order valence-corrected chi connectivity index (χ0v) is 11.7. The number of nitrogens with one attached hydrogen (secondary N) is 1. The summed E-state index contributed by atoms with van der Waals surface area (Å²) < 4.78 is 0. The lowest BCUT2D eigenvalue weighted by Gasteiger charge is -2.31. The second-order valence-electron chi connectivity index (χ2n) is 4.96. The Balaban J connectivity index is 1.91. The van der Waals surface area contributed by atoms with E-state index in [0.29, 0.717) is 0 Å². The zero-order valence-electron chi connectivity index (χ0n) is 11.7. The van der Waals surface area contributed by atoms with Gasteiger partial charge in [0.2, 0.25) is 0 Å². The molecule has 18 heavy (non-hydrogen) atoms. The van der Waals surface area contributed by atoms with Gasteiger partial charge in [0.1, 0.15) is 0 Å². The molecule has 1 aliphatic rings. The van der Waals surface area contributed by atoms with E-state index in [4.69, 9.17) is 0 Å². The molecular formula is C15H25N3. The van der Waals surface area contributed by atoms with Gasteiger partial charge in [-0.05, 0) is 25.5 Å². The quantitative estimate of drug-likeness (QED) is 0.855. The lowest BCUT2D eigenvalue weighted by atomic mass is 10.2. The Morgan fingerprint density at radius 1 is 1.22 bits per heavy atom. The van der Waals surface area contributed by atoms with E-state index in [1.165, 1.54) is 30.9 Å². The Morgan fingerprint density at radius 2 is 1.94 bits per heavy atom. The van der Waals surface area contributed by atoms with Gasteiger partial charge in [-0.1, -0.05) is 18.2 Å². The first-order valence-corrected chi connectivity index (χ1v) is 7.05. The molecule has 3 nitrogen and oxygen atoms in total. The van der Waals surface area contributed by atoms with E-state index in [1.54, 1.807) is 0 Å². The summed E-state index contributed by atoms with van der Waals surface area (Å²) in [5, 5.41) is 3.40. The molecule has 1 N–H and O–H groups in total. The van der Waals surface area contributed by atoms with Crippen LogP contribution in [0, 0.1) is 6.92 Å². The lowest BCUT2D eigenvalue weighted by molar-refractivity contribution is 0.246. The molecule has 0 spiro atoms. The van der Waals surface area contributed by atoms with Crippen molar-refractivity contribution in [3.05, 3.63) is 29.8 Å². The highest BCUT2D eigenvalue weighted by molar-refractivity contribution is 5.52. The number of likely N-dealkylation sites (N-methyl/N-ethyl adjacent to an activating group) is 1. The zero-order chi connectivity index (χ0) is 12.8. The summed E-state index contributed by atoms with van der Waals surface area (Å²) in [6, 6.07) is 8.68. The average molecular weight is 247 g/mol. The third-order valence-corrected chi connectivity index (χ3v) is 3.73. The van der Waals surface area contributed by atoms with Crippen LogP contribution in [0.3, 0.4) is 0 Å². The van der Waals surface area contributed by atoms with Gasteiger partial charge in [0, 0.05) is 51.5 Å². The summed E-state index contributed by atoms with van der Waals surface area (Å²) in [6.45, 7) is 12.5. The molecule has 1 aliphatic heterocycles. The molecule has 1 fully saturated rings. The van der Waals surface area contributed by atoms with Crippen LogP contribution in [-0.2, 0) is 0 Å². The van der Waals surface area contributed by atoms with Crippen LogP contribution < -0.4 is 10.2 Å². The SMILES string of the molecule is CCN(CCN1CCNCC1)c1ccccc1C. The van der Waals surface area contributed by atoms with Gasteiger partial charge in [0.05, 0.1) is 0 Å². The summed E-state index contributed by atoms with van der Waals surface area (Å²) in [5.74, 6) is 0. The summed E-state index contributed by atoms with van der Waals surface area (Å²) in [5.41, 5.74) is 2.76. The molecule has 1 aromatic carbocycles. The van der Waals surface area contributed by atoms with Crippen LogP contribution in [0.25, 0.3) is 0 Å². The molecular weight excluding hydrogens is 222 g/mol. The molecule has 1 saturated heterocycles. The lowest BCUT2D eigenvalue weighted by Crippen LogP contribution is -2.46. The van der Waals surface area contributed by atoms with Gasteiger partial charge >= 0.3 is 0 Å². The molecule has 0 saturated carbocycles. The van der Waals surface area contributed by atoms with Crippen molar-refractivity contribution in [1.82, 2.24) is 10.2 Å². The first kappa shape index (κ1) is 13.4. The standard InChI is InChI=1S/C15H25N3/c1-3-18(15-7-5-4-6-14(15)2)13-12-17-10-8-16-9-11-17/h4-7,16H,3,8-13H2,1-2H3. The van der Waals surface area contributed by atoms with Crippen molar-refractivity contribution < 1.29 is 0 Å². The predicted octanol–water partition coefficient (Wildman–Crippen LogP) is 1.73. The molecule has 0 amide bonds. The van der Waals surface area contributed by atoms with Crippen LogP contribution in [0.4, 0.5) is 5.69 Å². The molecule has 2 rings (SSSR count).